The first kappa shape index (κ1) is 20.5. The van der Waals surface area contributed by atoms with Gasteiger partial charge in [-0.25, -0.2) is 0 Å². The molecule has 5 aliphatic rings. The summed E-state index contributed by atoms with van der Waals surface area (Å²) in [7, 11) is 2.28. The van der Waals surface area contributed by atoms with Gasteiger partial charge in [-0.2, -0.15) is 0 Å². The summed E-state index contributed by atoms with van der Waals surface area (Å²) >= 11 is 0. The van der Waals surface area contributed by atoms with Crippen molar-refractivity contribution in [2.24, 2.45) is 28.6 Å². The molecule has 0 radical (unpaired) electrons. The van der Waals surface area contributed by atoms with E-state index in [1.54, 1.807) is 0 Å². The first-order valence-electron chi connectivity index (χ1n) is 12.3. The monoisotopic (exact) mass is 402 g/mol. The van der Waals surface area contributed by atoms with E-state index in [9.17, 15) is 0 Å². The molecule has 2 saturated carbocycles. The molecule has 3 saturated heterocycles. The van der Waals surface area contributed by atoms with Crippen LogP contribution in [-0.2, 0) is 9.47 Å². The third-order valence-corrected chi connectivity index (χ3v) is 9.85. The number of allylic oxidation sites excluding steroid dienone is 1. The van der Waals surface area contributed by atoms with Crippen molar-refractivity contribution in [1.29, 1.82) is 0 Å². The van der Waals surface area contributed by atoms with Gasteiger partial charge in [0.2, 0.25) is 0 Å². The summed E-state index contributed by atoms with van der Waals surface area (Å²) in [5.41, 5.74) is 2.55. The lowest BCUT2D eigenvalue weighted by Crippen LogP contribution is -2.54. The number of hydrogen-bond donors (Lipinski definition) is 0. The maximum absolute atomic E-state index is 5.99. The van der Waals surface area contributed by atoms with Crippen molar-refractivity contribution in [2.45, 2.75) is 64.4 Å². The fourth-order valence-electron chi connectivity index (χ4n) is 7.87. The van der Waals surface area contributed by atoms with Gasteiger partial charge in [0.1, 0.15) is 6.79 Å². The fourth-order valence-corrected chi connectivity index (χ4v) is 7.87. The molecule has 4 heteroatoms. The molecule has 0 bridgehead atoms. The highest BCUT2D eigenvalue weighted by atomic mass is 16.7. The molecule has 0 N–H and O–H groups in total. The van der Waals surface area contributed by atoms with Gasteiger partial charge >= 0.3 is 0 Å². The molecule has 0 amide bonds. The zero-order valence-corrected chi connectivity index (χ0v) is 18.8. The molecule has 3 aliphatic heterocycles. The highest BCUT2D eigenvalue weighted by molar-refractivity contribution is 5.16. The summed E-state index contributed by atoms with van der Waals surface area (Å²) in [6.07, 6.45) is 11.0. The second-order valence-electron chi connectivity index (χ2n) is 11.4. The van der Waals surface area contributed by atoms with Crippen LogP contribution in [0.15, 0.2) is 12.2 Å². The molecule has 5 rings (SSSR count). The summed E-state index contributed by atoms with van der Waals surface area (Å²) < 4.78 is 11.7. The number of fused-ring (bicyclic) bond motifs is 3. The van der Waals surface area contributed by atoms with Gasteiger partial charge in [-0.1, -0.05) is 19.1 Å². The van der Waals surface area contributed by atoms with Gasteiger partial charge in [0, 0.05) is 12.5 Å². The Morgan fingerprint density at radius 3 is 2.72 bits per heavy atom. The number of nitrogens with zero attached hydrogens (tertiary/aromatic N) is 2. The number of piperidine rings is 1. The smallest absolute Gasteiger partial charge is 0.147 e. The van der Waals surface area contributed by atoms with E-state index in [0.29, 0.717) is 35.6 Å². The molecule has 3 heterocycles. The summed E-state index contributed by atoms with van der Waals surface area (Å²) in [5.74, 6) is 2.03. The summed E-state index contributed by atoms with van der Waals surface area (Å²) in [6, 6.07) is 0. The average molecular weight is 403 g/mol. The Morgan fingerprint density at radius 2 is 1.90 bits per heavy atom. The molecule has 0 aromatic rings. The molecule has 0 aromatic heterocycles. The van der Waals surface area contributed by atoms with E-state index >= 15 is 0 Å². The van der Waals surface area contributed by atoms with Crippen LogP contribution in [0.5, 0.6) is 0 Å². The highest BCUT2D eigenvalue weighted by Crippen LogP contribution is 2.58. The van der Waals surface area contributed by atoms with Crippen molar-refractivity contribution < 1.29 is 9.47 Å². The van der Waals surface area contributed by atoms with Crippen LogP contribution >= 0.6 is 0 Å². The third-order valence-electron chi connectivity index (χ3n) is 9.85. The SMILES string of the molecule is C=C1CCC2C3COCOC3CCC2(C)C1CCN1CCC2(CCN(C)CC2)C1. The van der Waals surface area contributed by atoms with Crippen LogP contribution < -0.4 is 0 Å². The summed E-state index contributed by atoms with van der Waals surface area (Å²) in [5, 5.41) is 0. The number of hydrogen-bond acceptors (Lipinski definition) is 4. The number of rotatable bonds is 3. The zero-order valence-electron chi connectivity index (χ0n) is 18.8. The Kier molecular flexibility index (Phi) is 5.60. The van der Waals surface area contributed by atoms with Crippen molar-refractivity contribution in [3.05, 3.63) is 12.2 Å². The molecule has 29 heavy (non-hydrogen) atoms. The third kappa shape index (κ3) is 3.73. The molecule has 164 valence electrons. The van der Waals surface area contributed by atoms with Gasteiger partial charge < -0.3 is 19.3 Å². The van der Waals surface area contributed by atoms with Crippen molar-refractivity contribution in [2.75, 3.05) is 53.2 Å². The van der Waals surface area contributed by atoms with Crippen LogP contribution in [0.3, 0.4) is 0 Å². The number of likely N-dealkylation sites (tertiary alicyclic amines) is 2. The van der Waals surface area contributed by atoms with Gasteiger partial charge in [0.05, 0.1) is 12.7 Å². The quantitative estimate of drug-likeness (QED) is 0.662. The Labute approximate surface area is 178 Å². The van der Waals surface area contributed by atoms with Gasteiger partial charge in [0.25, 0.3) is 0 Å². The normalized spacial score (nSPS) is 43.3. The van der Waals surface area contributed by atoms with Crippen molar-refractivity contribution in [3.8, 4) is 0 Å². The molecule has 4 nitrogen and oxygen atoms in total. The van der Waals surface area contributed by atoms with Gasteiger partial charge in [-0.05, 0) is 107 Å². The minimum atomic E-state index is 0.394. The van der Waals surface area contributed by atoms with E-state index in [-0.39, 0.29) is 0 Å². The Morgan fingerprint density at radius 1 is 1.10 bits per heavy atom. The first-order valence-corrected chi connectivity index (χ1v) is 12.3. The van der Waals surface area contributed by atoms with Crippen molar-refractivity contribution in [1.82, 2.24) is 9.80 Å². The maximum atomic E-state index is 5.99. The second kappa shape index (κ2) is 7.93. The molecular formula is C25H42N2O2. The van der Waals surface area contributed by atoms with E-state index in [4.69, 9.17) is 9.47 Å². The minimum absolute atomic E-state index is 0.394. The Balaban J connectivity index is 1.23. The summed E-state index contributed by atoms with van der Waals surface area (Å²) in [4.78, 5) is 5.31. The molecule has 1 spiro atoms. The van der Waals surface area contributed by atoms with Crippen LogP contribution in [0.1, 0.15) is 58.3 Å². The predicted molar refractivity (Wildman–Crippen MR) is 117 cm³/mol. The fraction of sp³-hybridized carbons (Fsp3) is 0.920. The molecule has 2 aliphatic carbocycles. The van der Waals surface area contributed by atoms with Crippen molar-refractivity contribution in [3.63, 3.8) is 0 Å². The average Bonchev–Trinajstić information content (AvgIpc) is 3.12. The minimum Gasteiger partial charge on any atom is -0.355 e. The molecule has 5 unspecified atom stereocenters. The van der Waals surface area contributed by atoms with Crippen LogP contribution in [0.2, 0.25) is 0 Å². The van der Waals surface area contributed by atoms with Crippen molar-refractivity contribution >= 4 is 0 Å². The Hall–Kier alpha value is -0.420. The molecule has 5 atom stereocenters. The Bertz CT molecular complexity index is 614. The highest BCUT2D eigenvalue weighted by Gasteiger charge is 2.53. The molecule has 0 aromatic carbocycles. The first-order chi connectivity index (χ1) is 14.0. The topological polar surface area (TPSA) is 24.9 Å². The van der Waals surface area contributed by atoms with E-state index in [2.05, 4.69) is 30.4 Å². The maximum Gasteiger partial charge on any atom is 0.147 e. The van der Waals surface area contributed by atoms with Crippen LogP contribution in [-0.4, -0.2) is 69.1 Å². The van der Waals surface area contributed by atoms with E-state index in [0.717, 1.165) is 12.5 Å². The van der Waals surface area contributed by atoms with E-state index in [1.165, 1.54) is 89.7 Å². The lowest BCUT2D eigenvalue weighted by atomic mass is 9.50. The lowest BCUT2D eigenvalue weighted by molar-refractivity contribution is -0.218. The molecule has 5 fully saturated rings. The van der Waals surface area contributed by atoms with Gasteiger partial charge in [0.15, 0.2) is 0 Å². The van der Waals surface area contributed by atoms with Gasteiger partial charge in [-0.3, -0.25) is 0 Å². The second-order valence-corrected chi connectivity index (χ2v) is 11.4. The number of ether oxygens (including phenoxy) is 2. The molecular weight excluding hydrogens is 360 g/mol. The van der Waals surface area contributed by atoms with Gasteiger partial charge in [-0.15, -0.1) is 0 Å². The summed E-state index contributed by atoms with van der Waals surface area (Å²) in [6.45, 7) is 15.1. The lowest BCUT2D eigenvalue weighted by Gasteiger charge is -2.57. The predicted octanol–water partition coefficient (Wildman–Crippen LogP) is 4.17. The van der Waals surface area contributed by atoms with E-state index < -0.39 is 0 Å². The zero-order chi connectivity index (χ0) is 20.1. The van der Waals surface area contributed by atoms with Crippen LogP contribution in [0.4, 0.5) is 0 Å². The van der Waals surface area contributed by atoms with Crippen LogP contribution in [0.25, 0.3) is 0 Å². The van der Waals surface area contributed by atoms with Crippen LogP contribution in [0, 0.1) is 28.6 Å². The largest absolute Gasteiger partial charge is 0.355 e. The standard InChI is InChI=1S/C25H42N2O2/c1-19-4-5-22-20-16-28-18-29-23(20)6-8-24(22,2)21(19)7-12-27-15-11-25(17-27)9-13-26(3)14-10-25/h20-23H,1,4-18H2,2-3H3. The van der Waals surface area contributed by atoms with E-state index in [1.807, 2.05) is 0 Å².